The van der Waals surface area contributed by atoms with Crippen LogP contribution in [0.5, 0.6) is 5.75 Å². The van der Waals surface area contributed by atoms with Crippen molar-refractivity contribution in [3.8, 4) is 22.7 Å². The third-order valence-corrected chi connectivity index (χ3v) is 5.26. The number of rotatable bonds is 4. The molecule has 0 unspecified atom stereocenters. The van der Waals surface area contributed by atoms with Gasteiger partial charge in [0.15, 0.2) is 5.78 Å². The maximum atomic E-state index is 13.0. The highest BCUT2D eigenvalue weighted by Gasteiger charge is 2.26. The number of ketones is 1. The number of Topliss-reactive ketones (excluding diaryl/α,β-unsaturated/α-hetero) is 1. The van der Waals surface area contributed by atoms with Crippen LogP contribution in [0.4, 0.5) is 0 Å². The van der Waals surface area contributed by atoms with E-state index in [1.165, 1.54) is 0 Å². The summed E-state index contributed by atoms with van der Waals surface area (Å²) in [6, 6.07) is 19.4. The summed E-state index contributed by atoms with van der Waals surface area (Å²) in [5.74, 6) is 0.813. The van der Waals surface area contributed by atoms with Crippen LogP contribution in [0.15, 0.2) is 84.8 Å². The van der Waals surface area contributed by atoms with Crippen molar-refractivity contribution in [2.75, 3.05) is 7.11 Å². The van der Waals surface area contributed by atoms with Crippen molar-refractivity contribution in [2.45, 2.75) is 6.42 Å². The van der Waals surface area contributed by atoms with Crippen LogP contribution in [-0.4, -0.2) is 27.7 Å². The Kier molecular flexibility index (Phi) is 4.48. The Balaban J connectivity index is 1.60. The zero-order valence-corrected chi connectivity index (χ0v) is 16.4. The van der Waals surface area contributed by atoms with Crippen LogP contribution in [0.2, 0.25) is 0 Å². The van der Waals surface area contributed by atoms with Crippen LogP contribution in [0.1, 0.15) is 21.5 Å². The highest BCUT2D eigenvalue weighted by Crippen LogP contribution is 2.32. The molecule has 2 heterocycles. The van der Waals surface area contributed by atoms with Crippen LogP contribution in [0.25, 0.3) is 23.0 Å². The second-order valence-corrected chi connectivity index (χ2v) is 7.15. The van der Waals surface area contributed by atoms with Crippen molar-refractivity contribution in [1.82, 2.24) is 14.8 Å². The second-order valence-electron chi connectivity index (χ2n) is 7.15. The lowest BCUT2D eigenvalue weighted by atomic mass is 10.1. The number of ether oxygens (including phenoxy) is 1. The molecule has 5 heteroatoms. The summed E-state index contributed by atoms with van der Waals surface area (Å²) in [7, 11) is 1.63. The summed E-state index contributed by atoms with van der Waals surface area (Å²) in [5.41, 5.74) is 6.01. The predicted molar refractivity (Wildman–Crippen MR) is 116 cm³/mol. The summed E-state index contributed by atoms with van der Waals surface area (Å²) < 4.78 is 7.14. The van der Waals surface area contributed by atoms with E-state index in [1.807, 2.05) is 77.6 Å². The molecule has 0 fully saturated rings. The van der Waals surface area contributed by atoms with Gasteiger partial charge in [-0.2, -0.15) is 5.10 Å². The van der Waals surface area contributed by atoms with E-state index in [0.717, 1.165) is 45.0 Å². The zero-order valence-electron chi connectivity index (χ0n) is 16.4. The monoisotopic (exact) mass is 393 g/mol. The number of hydrogen-bond acceptors (Lipinski definition) is 4. The molecule has 0 saturated heterocycles. The van der Waals surface area contributed by atoms with E-state index in [4.69, 9.17) is 9.84 Å². The van der Waals surface area contributed by atoms with Gasteiger partial charge in [-0.1, -0.05) is 18.2 Å². The molecule has 1 aliphatic rings. The van der Waals surface area contributed by atoms with Crippen molar-refractivity contribution in [3.63, 3.8) is 0 Å². The molecular weight excluding hydrogens is 374 g/mol. The number of nitrogens with zero attached hydrogens (tertiary/aromatic N) is 3. The maximum Gasteiger partial charge on any atom is 0.189 e. The molecular formula is C25H19N3O2. The third kappa shape index (κ3) is 3.20. The van der Waals surface area contributed by atoms with Crippen molar-refractivity contribution < 1.29 is 9.53 Å². The maximum absolute atomic E-state index is 13.0. The minimum Gasteiger partial charge on any atom is -0.497 e. The molecule has 0 amide bonds. The Labute approximate surface area is 174 Å². The van der Waals surface area contributed by atoms with Crippen molar-refractivity contribution in [3.05, 3.63) is 102 Å². The van der Waals surface area contributed by atoms with Crippen LogP contribution in [0, 0.1) is 0 Å². The van der Waals surface area contributed by atoms with E-state index in [0.29, 0.717) is 6.42 Å². The van der Waals surface area contributed by atoms with Gasteiger partial charge in [0.05, 0.1) is 12.8 Å². The molecule has 5 nitrogen and oxygen atoms in total. The number of pyridine rings is 1. The van der Waals surface area contributed by atoms with Gasteiger partial charge in [-0.3, -0.25) is 9.78 Å². The Morgan fingerprint density at radius 3 is 2.70 bits per heavy atom. The average Bonchev–Trinajstić information content (AvgIpc) is 3.36. The van der Waals surface area contributed by atoms with Crippen LogP contribution >= 0.6 is 0 Å². The van der Waals surface area contributed by atoms with Crippen molar-refractivity contribution in [2.24, 2.45) is 0 Å². The first-order chi connectivity index (χ1) is 14.7. The summed E-state index contributed by atoms with van der Waals surface area (Å²) in [6.45, 7) is 0. The molecule has 2 aromatic carbocycles. The van der Waals surface area contributed by atoms with Crippen molar-refractivity contribution >= 4 is 11.9 Å². The SMILES string of the molecule is COc1ccc2c(c1)C/C(=C/c1cn(-c3ccccc3)nc1-c1cccnc1)C2=O. The second kappa shape index (κ2) is 7.44. The van der Waals surface area contributed by atoms with E-state index in [-0.39, 0.29) is 5.78 Å². The normalized spacial score (nSPS) is 14.2. The van der Waals surface area contributed by atoms with Crippen molar-refractivity contribution in [1.29, 1.82) is 0 Å². The molecule has 5 rings (SSSR count). The molecule has 0 spiro atoms. The quantitative estimate of drug-likeness (QED) is 0.469. The summed E-state index contributed by atoms with van der Waals surface area (Å²) >= 11 is 0. The third-order valence-electron chi connectivity index (χ3n) is 5.26. The van der Waals surface area contributed by atoms with Gasteiger partial charge in [-0.25, -0.2) is 4.68 Å². The van der Waals surface area contributed by atoms with Gasteiger partial charge in [0.2, 0.25) is 0 Å². The van der Waals surface area contributed by atoms with Gasteiger partial charge in [0, 0.05) is 47.3 Å². The number of aromatic nitrogens is 3. The molecule has 0 radical (unpaired) electrons. The zero-order chi connectivity index (χ0) is 20.5. The van der Waals surface area contributed by atoms with Crippen LogP contribution in [0.3, 0.4) is 0 Å². The number of hydrogen-bond donors (Lipinski definition) is 0. The van der Waals surface area contributed by atoms with Gasteiger partial charge in [0.1, 0.15) is 11.4 Å². The lowest BCUT2D eigenvalue weighted by Gasteiger charge is -2.01. The first-order valence-electron chi connectivity index (χ1n) is 9.70. The van der Waals surface area contributed by atoms with Gasteiger partial charge >= 0.3 is 0 Å². The Morgan fingerprint density at radius 2 is 1.93 bits per heavy atom. The fraction of sp³-hybridized carbons (Fsp3) is 0.0800. The number of para-hydroxylation sites is 1. The summed E-state index contributed by atoms with van der Waals surface area (Å²) in [4.78, 5) is 17.2. The molecule has 4 aromatic rings. The first kappa shape index (κ1) is 18.1. The molecule has 2 aromatic heterocycles. The van der Waals surface area contributed by atoms with E-state index in [1.54, 1.807) is 19.5 Å². The highest BCUT2D eigenvalue weighted by molar-refractivity contribution is 6.15. The molecule has 0 bridgehead atoms. The molecule has 146 valence electrons. The summed E-state index contributed by atoms with van der Waals surface area (Å²) in [5, 5.41) is 4.80. The average molecular weight is 393 g/mol. The predicted octanol–water partition coefficient (Wildman–Crippen LogP) is 4.77. The molecule has 0 saturated carbocycles. The Bertz CT molecular complexity index is 1260. The van der Waals surface area contributed by atoms with Gasteiger partial charge in [-0.05, 0) is 54.1 Å². The number of allylic oxidation sites excluding steroid dienone is 1. The number of methoxy groups -OCH3 is 1. The minimum atomic E-state index is 0.0530. The smallest absolute Gasteiger partial charge is 0.189 e. The fourth-order valence-corrected chi connectivity index (χ4v) is 3.76. The molecule has 0 atom stereocenters. The first-order valence-corrected chi connectivity index (χ1v) is 9.70. The van der Waals surface area contributed by atoms with Gasteiger partial charge < -0.3 is 4.74 Å². The number of carbonyl (C=O) groups is 1. The number of carbonyl (C=O) groups excluding carboxylic acids is 1. The molecule has 1 aliphatic carbocycles. The van der Waals surface area contributed by atoms with E-state index >= 15 is 0 Å². The highest BCUT2D eigenvalue weighted by atomic mass is 16.5. The van der Waals surface area contributed by atoms with Crippen LogP contribution < -0.4 is 4.74 Å². The minimum absolute atomic E-state index is 0.0530. The topological polar surface area (TPSA) is 57.0 Å². The largest absolute Gasteiger partial charge is 0.497 e. The van der Waals surface area contributed by atoms with Crippen LogP contribution in [-0.2, 0) is 6.42 Å². The van der Waals surface area contributed by atoms with Gasteiger partial charge in [0.25, 0.3) is 0 Å². The van der Waals surface area contributed by atoms with Gasteiger partial charge in [-0.15, -0.1) is 0 Å². The lowest BCUT2D eigenvalue weighted by molar-refractivity contribution is 0.104. The number of benzene rings is 2. The standard InChI is InChI=1S/C25H19N3O2/c1-30-22-9-10-23-18(14-22)12-19(25(23)29)13-20-16-28(21-7-3-2-4-8-21)27-24(20)17-6-5-11-26-15-17/h2-11,13-16H,12H2,1H3/b19-13-. The van der Waals surface area contributed by atoms with E-state index in [9.17, 15) is 4.79 Å². The lowest BCUT2D eigenvalue weighted by Crippen LogP contribution is -1.95. The molecule has 0 aliphatic heterocycles. The number of fused-ring (bicyclic) bond motifs is 1. The Morgan fingerprint density at radius 1 is 1.07 bits per heavy atom. The Hall–Kier alpha value is -3.99. The molecule has 30 heavy (non-hydrogen) atoms. The van der Waals surface area contributed by atoms with E-state index < -0.39 is 0 Å². The fourth-order valence-electron chi connectivity index (χ4n) is 3.76. The van der Waals surface area contributed by atoms with E-state index in [2.05, 4.69) is 4.98 Å². The summed E-state index contributed by atoms with van der Waals surface area (Å²) in [6.07, 6.45) is 8.01. The molecule has 0 N–H and O–H groups in total.